The minimum absolute atomic E-state index is 0.0727. The van der Waals surface area contributed by atoms with E-state index in [9.17, 15) is 18.0 Å². The van der Waals surface area contributed by atoms with Gasteiger partial charge in [-0.1, -0.05) is 60.7 Å². The topological polar surface area (TPSA) is 64.7 Å². The van der Waals surface area contributed by atoms with Gasteiger partial charge in [0.25, 0.3) is 0 Å². The van der Waals surface area contributed by atoms with Crippen molar-refractivity contribution in [2.75, 3.05) is 5.32 Å². The number of alkyl halides is 3. The van der Waals surface area contributed by atoms with Gasteiger partial charge in [-0.2, -0.15) is 23.4 Å². The highest BCUT2D eigenvalue weighted by Crippen LogP contribution is 2.43. The van der Waals surface area contributed by atoms with Gasteiger partial charge in [0.05, 0.1) is 18.3 Å². The molecule has 9 heteroatoms. The zero-order valence-electron chi connectivity index (χ0n) is 22.1. The Kier molecular flexibility index (Phi) is 7.59. The molecule has 1 aliphatic rings. The molecular weight excluding hydrogens is 503 g/mol. The maximum Gasteiger partial charge on any atom is 0.410 e. The second-order valence-electron chi connectivity index (χ2n) is 10.2. The van der Waals surface area contributed by atoms with Crippen LogP contribution in [0, 0.1) is 13.8 Å². The van der Waals surface area contributed by atoms with Crippen molar-refractivity contribution < 1.29 is 18.0 Å². The lowest BCUT2D eigenvalue weighted by Crippen LogP contribution is -2.35. The summed E-state index contributed by atoms with van der Waals surface area (Å²) in [4.78, 5) is 12.9. The van der Waals surface area contributed by atoms with Crippen LogP contribution in [0.15, 0.2) is 66.7 Å². The Bertz CT molecular complexity index is 1430. The Morgan fingerprint density at radius 2 is 1.69 bits per heavy atom. The number of aryl methyl sites for hydroxylation is 1. The number of benzene rings is 2. The van der Waals surface area contributed by atoms with Crippen LogP contribution in [0.2, 0.25) is 0 Å². The Morgan fingerprint density at radius 1 is 1.00 bits per heavy atom. The Hall–Kier alpha value is -3.88. The molecule has 204 valence electrons. The number of nitrogens with zero attached hydrogens (tertiary/aromatic N) is 4. The molecule has 6 nitrogen and oxygen atoms in total. The van der Waals surface area contributed by atoms with Gasteiger partial charge in [0, 0.05) is 24.6 Å². The number of hydrogen-bond acceptors (Lipinski definition) is 4. The van der Waals surface area contributed by atoms with Gasteiger partial charge in [0.2, 0.25) is 0 Å². The number of ketones is 1. The molecule has 0 saturated heterocycles. The van der Waals surface area contributed by atoms with Crippen LogP contribution in [-0.2, 0) is 13.0 Å². The molecule has 39 heavy (non-hydrogen) atoms. The Morgan fingerprint density at radius 3 is 2.38 bits per heavy atom. The monoisotopic (exact) mass is 535 g/mol. The lowest BCUT2D eigenvalue weighted by molar-refractivity contribution is -0.173. The first kappa shape index (κ1) is 26.7. The second-order valence-corrected chi connectivity index (χ2v) is 10.2. The summed E-state index contributed by atoms with van der Waals surface area (Å²) in [5.74, 6) is -0.0260. The lowest BCUT2D eigenvalue weighted by atomic mass is 9.97. The van der Waals surface area contributed by atoms with Crippen LogP contribution in [0.3, 0.4) is 0 Å². The van der Waals surface area contributed by atoms with Crippen LogP contribution in [0.5, 0.6) is 0 Å². The SMILES string of the molecule is Cc1nn(Cc2ccccc2)c(C)c1CCCCC(=O)c1cc2n(n1)C(C(F)(F)F)CC(c1ccccc1)N2. The molecule has 0 fully saturated rings. The summed E-state index contributed by atoms with van der Waals surface area (Å²) < 4.78 is 44.8. The lowest BCUT2D eigenvalue weighted by Gasteiger charge is -2.33. The number of carbonyl (C=O) groups excluding carboxylic acids is 1. The first-order valence-electron chi connectivity index (χ1n) is 13.3. The number of halogens is 3. The standard InChI is InChI=1S/C30H32F3N5O/c1-20-24(21(2)37(35-20)19-22-11-5-3-6-12-22)15-9-10-16-27(39)26-18-29-34-25(23-13-7-4-8-14-23)17-28(30(31,32)33)38(29)36-26/h3-8,11-14,18,25,28,34H,9-10,15-17,19H2,1-2H3. The van der Waals surface area contributed by atoms with Crippen LogP contribution in [0.4, 0.5) is 19.0 Å². The summed E-state index contributed by atoms with van der Waals surface area (Å²) in [5, 5.41) is 12.0. The van der Waals surface area contributed by atoms with Crippen molar-refractivity contribution in [1.82, 2.24) is 19.6 Å². The summed E-state index contributed by atoms with van der Waals surface area (Å²) in [6, 6.07) is 18.3. The van der Waals surface area contributed by atoms with Gasteiger partial charge in [-0.15, -0.1) is 0 Å². The Balaban J connectivity index is 1.21. The molecule has 0 spiro atoms. The molecule has 0 radical (unpaired) electrons. The van der Waals surface area contributed by atoms with Crippen molar-refractivity contribution in [2.45, 2.75) is 70.8 Å². The molecule has 0 saturated carbocycles. The van der Waals surface area contributed by atoms with Crippen LogP contribution >= 0.6 is 0 Å². The molecule has 0 amide bonds. The summed E-state index contributed by atoms with van der Waals surface area (Å²) in [6.07, 6.45) is -2.26. The molecule has 3 heterocycles. The third kappa shape index (κ3) is 5.92. The predicted molar refractivity (Wildman–Crippen MR) is 144 cm³/mol. The summed E-state index contributed by atoms with van der Waals surface area (Å²) in [7, 11) is 0. The second kappa shape index (κ2) is 11.1. The van der Waals surface area contributed by atoms with Crippen molar-refractivity contribution in [3.8, 4) is 0 Å². The van der Waals surface area contributed by atoms with E-state index in [0.29, 0.717) is 13.0 Å². The molecular formula is C30H32F3N5O. The minimum atomic E-state index is -4.48. The van der Waals surface area contributed by atoms with E-state index in [2.05, 4.69) is 29.5 Å². The average molecular weight is 536 g/mol. The van der Waals surface area contributed by atoms with Crippen LogP contribution in [0.25, 0.3) is 0 Å². The summed E-state index contributed by atoms with van der Waals surface area (Å²) >= 11 is 0. The zero-order chi connectivity index (χ0) is 27.6. The van der Waals surface area contributed by atoms with E-state index in [0.717, 1.165) is 34.5 Å². The van der Waals surface area contributed by atoms with E-state index in [1.807, 2.05) is 35.9 Å². The normalized spacial score (nSPS) is 17.1. The fraction of sp³-hybridized carbons (Fsp3) is 0.367. The molecule has 2 aromatic carbocycles. The van der Waals surface area contributed by atoms with Crippen molar-refractivity contribution in [1.29, 1.82) is 0 Å². The third-order valence-electron chi connectivity index (χ3n) is 7.46. The minimum Gasteiger partial charge on any atom is -0.363 e. The molecule has 1 N–H and O–H groups in total. The third-order valence-corrected chi connectivity index (χ3v) is 7.46. The highest BCUT2D eigenvalue weighted by atomic mass is 19.4. The number of anilines is 1. The molecule has 1 aliphatic heterocycles. The molecule has 2 unspecified atom stereocenters. The van der Waals surface area contributed by atoms with Gasteiger partial charge in [-0.05, 0) is 49.8 Å². The number of unbranched alkanes of at least 4 members (excludes halogenated alkanes) is 1. The first-order chi connectivity index (χ1) is 18.7. The van der Waals surface area contributed by atoms with Gasteiger partial charge in [-0.25, -0.2) is 4.68 Å². The number of fused-ring (bicyclic) bond motifs is 1. The van der Waals surface area contributed by atoms with Gasteiger partial charge in [0.1, 0.15) is 11.5 Å². The highest BCUT2D eigenvalue weighted by Gasteiger charge is 2.46. The van der Waals surface area contributed by atoms with Crippen LogP contribution in [0.1, 0.15) is 76.3 Å². The summed E-state index contributed by atoms with van der Waals surface area (Å²) in [6.45, 7) is 4.76. The summed E-state index contributed by atoms with van der Waals surface area (Å²) in [5.41, 5.74) is 5.30. The molecule has 0 bridgehead atoms. The average Bonchev–Trinajstić information content (AvgIpc) is 3.47. The number of hydrogen-bond donors (Lipinski definition) is 1. The van der Waals surface area contributed by atoms with Crippen molar-refractivity contribution in [2.24, 2.45) is 0 Å². The van der Waals surface area contributed by atoms with Gasteiger partial charge >= 0.3 is 6.18 Å². The van der Waals surface area contributed by atoms with Crippen LogP contribution < -0.4 is 5.32 Å². The number of rotatable bonds is 9. The first-order valence-corrected chi connectivity index (χ1v) is 13.3. The van der Waals surface area contributed by atoms with E-state index >= 15 is 0 Å². The number of nitrogens with one attached hydrogen (secondary N) is 1. The number of aromatic nitrogens is 4. The molecule has 4 aromatic rings. The predicted octanol–water partition coefficient (Wildman–Crippen LogP) is 7.00. The van der Waals surface area contributed by atoms with Crippen molar-refractivity contribution >= 4 is 11.6 Å². The number of carbonyl (C=O) groups is 1. The van der Waals surface area contributed by atoms with Gasteiger partial charge in [0.15, 0.2) is 11.8 Å². The van der Waals surface area contributed by atoms with E-state index < -0.39 is 18.3 Å². The highest BCUT2D eigenvalue weighted by molar-refractivity contribution is 5.95. The smallest absolute Gasteiger partial charge is 0.363 e. The fourth-order valence-corrected chi connectivity index (χ4v) is 5.34. The zero-order valence-corrected chi connectivity index (χ0v) is 22.1. The number of Topliss-reactive ketones (excluding diaryl/α,β-unsaturated/α-hetero) is 1. The van der Waals surface area contributed by atoms with Crippen LogP contribution in [-0.4, -0.2) is 31.5 Å². The van der Waals surface area contributed by atoms with Crippen molar-refractivity contribution in [3.05, 3.63) is 101 Å². The van der Waals surface area contributed by atoms with E-state index in [1.54, 1.807) is 24.3 Å². The Labute approximate surface area is 225 Å². The van der Waals surface area contributed by atoms with Gasteiger partial charge in [-0.3, -0.25) is 9.48 Å². The van der Waals surface area contributed by atoms with Crippen molar-refractivity contribution in [3.63, 3.8) is 0 Å². The van der Waals surface area contributed by atoms with Gasteiger partial charge < -0.3 is 5.32 Å². The van der Waals surface area contributed by atoms with E-state index in [4.69, 9.17) is 5.10 Å². The molecule has 0 aliphatic carbocycles. The maximum absolute atomic E-state index is 13.9. The largest absolute Gasteiger partial charge is 0.410 e. The molecule has 2 aromatic heterocycles. The molecule has 5 rings (SSSR count). The maximum atomic E-state index is 13.9. The quantitative estimate of drug-likeness (QED) is 0.185. The fourth-order valence-electron chi connectivity index (χ4n) is 5.34. The van der Waals surface area contributed by atoms with E-state index in [-0.39, 0.29) is 30.1 Å². The van der Waals surface area contributed by atoms with E-state index in [1.165, 1.54) is 17.2 Å². The molecule has 2 atom stereocenters.